The van der Waals surface area contributed by atoms with Crippen molar-refractivity contribution in [1.29, 1.82) is 0 Å². The zero-order valence-corrected chi connectivity index (χ0v) is 10.2. The predicted molar refractivity (Wildman–Crippen MR) is 42.2 cm³/mol. The Hall–Kier alpha value is -0.362. The van der Waals surface area contributed by atoms with Crippen molar-refractivity contribution < 1.29 is 30.0 Å². The molecule has 0 amide bonds. The summed E-state index contributed by atoms with van der Waals surface area (Å²) >= 11 is 0. The zero-order valence-electron chi connectivity index (χ0n) is 6.17. The molecule has 0 aliphatic rings. The minimum absolute atomic E-state index is 0. The molecule has 74 valence electrons. The monoisotopic (exact) mass is 291 g/mol. The number of hydrogen-bond donors (Lipinski definition) is 5. The second-order valence-electron chi connectivity index (χ2n) is 1.57. The summed E-state index contributed by atoms with van der Waals surface area (Å²) in [7, 11) is 0. The van der Waals surface area contributed by atoms with Crippen LogP contribution in [0.4, 0.5) is 0 Å². The normalized spacial score (nSPS) is 13.2. The maximum absolute atomic E-state index is 9.77. The van der Waals surface area contributed by atoms with Crippen LogP contribution in [0.15, 0.2) is 0 Å². The molecule has 0 bridgehead atoms. The summed E-state index contributed by atoms with van der Waals surface area (Å²) in [5, 5.41) is 32.5. The van der Waals surface area contributed by atoms with Crippen LogP contribution in [0.25, 0.3) is 0 Å². The van der Waals surface area contributed by atoms with Crippen LogP contribution in [0.5, 0.6) is 0 Å². The van der Waals surface area contributed by atoms with Crippen molar-refractivity contribution in [3.63, 3.8) is 0 Å². The molecule has 7 N–H and O–H groups in total. The van der Waals surface area contributed by atoms with Gasteiger partial charge in [-0.25, -0.2) is 9.59 Å². The number of rotatable bonds is 3. The van der Waals surface area contributed by atoms with Gasteiger partial charge in [0.25, 0.3) is 0 Å². The van der Waals surface area contributed by atoms with Crippen LogP contribution in [0.3, 0.4) is 0 Å². The van der Waals surface area contributed by atoms with Crippen molar-refractivity contribution in [3.05, 3.63) is 0 Å². The van der Waals surface area contributed by atoms with E-state index in [0.29, 0.717) is 0 Å². The van der Waals surface area contributed by atoms with Gasteiger partial charge in [-0.05, 0) is 0 Å². The van der Waals surface area contributed by atoms with Gasteiger partial charge in [0.2, 0.25) is 0 Å². The first kappa shape index (κ1) is 17.7. The second kappa shape index (κ2) is 7.30. The van der Waals surface area contributed by atoms with E-state index < -0.39 is 24.1 Å². The molecule has 0 saturated heterocycles. The number of carboxylic acids is 2. The van der Waals surface area contributed by atoms with E-state index in [-0.39, 0.29) is 30.6 Å². The van der Waals surface area contributed by atoms with Crippen LogP contribution in [-0.4, -0.2) is 69.0 Å². The average molecular weight is 292 g/mol. The molecule has 0 aromatic heterocycles. The standard InChI is InChI=1S/C4H6O6.H3N.Sb.3H/c5-1(3(7)8)2(6)4(9)10;;;;;/h1-2,5-6H,(H,7,8)(H,9,10);1H3;;;;. The van der Waals surface area contributed by atoms with Crippen molar-refractivity contribution in [2.24, 2.45) is 0 Å². The Morgan fingerprint density at radius 1 is 0.917 bits per heavy atom. The van der Waals surface area contributed by atoms with Gasteiger partial charge >= 0.3 is 36.4 Å². The van der Waals surface area contributed by atoms with E-state index in [0.717, 1.165) is 0 Å². The van der Waals surface area contributed by atoms with E-state index in [1.54, 1.807) is 0 Å². The average Bonchev–Trinajstić information content (AvgIpc) is 1.84. The summed E-state index contributed by atoms with van der Waals surface area (Å²) in [4.78, 5) is 19.5. The fraction of sp³-hybridized carbons (Fsp3) is 0.500. The molecule has 2 atom stereocenters. The van der Waals surface area contributed by atoms with E-state index in [1.807, 2.05) is 0 Å². The topological polar surface area (TPSA) is 150 Å². The third-order valence-electron chi connectivity index (χ3n) is 0.805. The van der Waals surface area contributed by atoms with Gasteiger partial charge in [0, 0.05) is 0 Å². The van der Waals surface area contributed by atoms with Crippen LogP contribution in [0, 0.1) is 0 Å². The van der Waals surface area contributed by atoms with Crippen molar-refractivity contribution in [3.8, 4) is 0 Å². The molecule has 0 heterocycles. The van der Waals surface area contributed by atoms with E-state index in [9.17, 15) is 9.59 Å². The molecular weight excluding hydrogens is 280 g/mol. The van der Waals surface area contributed by atoms with Crippen molar-refractivity contribution in [1.82, 2.24) is 6.15 Å². The molecule has 0 fully saturated rings. The Balaban J connectivity index is -0.000000405. The van der Waals surface area contributed by atoms with Gasteiger partial charge in [0.15, 0.2) is 12.2 Å². The molecule has 0 saturated carbocycles. The van der Waals surface area contributed by atoms with Gasteiger partial charge < -0.3 is 26.6 Å². The summed E-state index contributed by atoms with van der Waals surface area (Å²) in [5.74, 6) is -3.54. The van der Waals surface area contributed by atoms with Gasteiger partial charge in [-0.15, -0.1) is 0 Å². The summed E-state index contributed by atoms with van der Waals surface area (Å²) in [5.41, 5.74) is 0. The molecule has 0 aromatic rings. The molecule has 7 nitrogen and oxygen atoms in total. The van der Waals surface area contributed by atoms with Gasteiger partial charge in [-0.3, -0.25) is 0 Å². The molecule has 0 radical (unpaired) electrons. The van der Waals surface area contributed by atoms with Crippen LogP contribution in [0.1, 0.15) is 0 Å². The summed E-state index contributed by atoms with van der Waals surface area (Å²) in [6.45, 7) is 0. The van der Waals surface area contributed by atoms with Gasteiger partial charge in [-0.2, -0.15) is 0 Å². The third-order valence-corrected chi connectivity index (χ3v) is 0.805. The number of aliphatic hydroxyl groups is 2. The summed E-state index contributed by atoms with van der Waals surface area (Å²) in [6.07, 6.45) is -4.53. The van der Waals surface area contributed by atoms with Gasteiger partial charge in [-0.1, -0.05) is 0 Å². The Kier molecular flexibility index (Phi) is 10.7. The Morgan fingerprint density at radius 2 is 1.08 bits per heavy atom. The first-order chi connectivity index (χ1) is 4.46. The molecule has 8 heteroatoms. The number of carbonyl (C=O) groups is 2. The molecule has 0 spiro atoms. The number of hydrogen-bond acceptors (Lipinski definition) is 5. The quantitative estimate of drug-likeness (QED) is 0.345. The van der Waals surface area contributed by atoms with E-state index in [2.05, 4.69) is 0 Å². The van der Waals surface area contributed by atoms with Crippen LogP contribution < -0.4 is 6.15 Å². The first-order valence-corrected chi connectivity index (χ1v) is 2.28. The molecular formula is C4H12NO6Sb. The number of aliphatic carboxylic acids is 2. The van der Waals surface area contributed by atoms with Crippen LogP contribution in [0.2, 0.25) is 0 Å². The maximum atomic E-state index is 9.77. The van der Waals surface area contributed by atoms with Crippen LogP contribution in [-0.2, 0) is 9.59 Å². The first-order valence-electron chi connectivity index (χ1n) is 2.28. The number of carboxylic acid groups (broad SMARTS) is 2. The Bertz CT molecular complexity index is 144. The van der Waals surface area contributed by atoms with E-state index in [4.69, 9.17) is 20.4 Å². The summed E-state index contributed by atoms with van der Waals surface area (Å²) < 4.78 is 0. The number of aliphatic hydroxyl groups excluding tert-OH is 2. The second-order valence-corrected chi connectivity index (χ2v) is 1.57. The molecule has 12 heavy (non-hydrogen) atoms. The van der Waals surface area contributed by atoms with Crippen molar-refractivity contribution in [2.75, 3.05) is 0 Å². The molecule has 2 unspecified atom stereocenters. The van der Waals surface area contributed by atoms with Crippen molar-refractivity contribution >= 4 is 36.4 Å². The fourth-order valence-electron chi connectivity index (χ4n) is 0.270. The zero-order chi connectivity index (χ0) is 8.31. The third kappa shape index (κ3) is 5.31. The molecule has 0 rings (SSSR count). The summed E-state index contributed by atoms with van der Waals surface area (Å²) in [6, 6.07) is 0. The van der Waals surface area contributed by atoms with E-state index >= 15 is 0 Å². The Morgan fingerprint density at radius 3 is 1.17 bits per heavy atom. The van der Waals surface area contributed by atoms with Gasteiger partial charge in [0.05, 0.1) is 0 Å². The minimum atomic E-state index is -2.27. The predicted octanol–water partition coefficient (Wildman–Crippen LogP) is -3.14. The van der Waals surface area contributed by atoms with E-state index in [1.165, 1.54) is 0 Å². The van der Waals surface area contributed by atoms with Crippen molar-refractivity contribution in [2.45, 2.75) is 12.2 Å². The SMILES string of the molecule is N.O=C(O)C(O)C(O)C(=O)O.[SbH3]. The molecule has 0 aliphatic heterocycles. The Labute approximate surface area is 85.0 Å². The van der Waals surface area contributed by atoms with Crippen LogP contribution >= 0.6 is 0 Å². The van der Waals surface area contributed by atoms with Gasteiger partial charge in [0.1, 0.15) is 0 Å². The molecule has 0 aromatic carbocycles. The molecule has 0 aliphatic carbocycles. The fourth-order valence-corrected chi connectivity index (χ4v) is 0.270.